The minimum absolute atomic E-state index is 0.670. The van der Waals surface area contributed by atoms with E-state index in [2.05, 4.69) is 5.32 Å². The Morgan fingerprint density at radius 1 is 1.54 bits per heavy atom. The molecule has 0 spiro atoms. The lowest BCUT2D eigenvalue weighted by Gasteiger charge is -2.00. The number of nitrogen functional groups attached to an aromatic ring is 1. The van der Waals surface area contributed by atoms with Crippen LogP contribution in [0.3, 0.4) is 0 Å². The third-order valence-electron chi connectivity index (χ3n) is 1.67. The number of nitrogens with one attached hydrogen (secondary N) is 1. The average molecular weight is 197 g/mol. The normalized spacial score (nSPS) is 10.9. The number of hydrogen-bond donors (Lipinski definition) is 2. The molecule has 70 valence electrons. The minimum atomic E-state index is 0.670. The molecule has 2 nitrogen and oxygen atoms in total. The van der Waals surface area contributed by atoms with Gasteiger partial charge in [0.15, 0.2) is 0 Å². The summed E-state index contributed by atoms with van der Waals surface area (Å²) >= 11 is 5.76. The lowest BCUT2D eigenvalue weighted by atomic mass is 10.1. The highest BCUT2D eigenvalue weighted by Crippen LogP contribution is 2.18. The van der Waals surface area contributed by atoms with Gasteiger partial charge in [0.2, 0.25) is 0 Å². The number of halogens is 1. The van der Waals surface area contributed by atoms with Gasteiger partial charge in [0.1, 0.15) is 0 Å². The van der Waals surface area contributed by atoms with Crippen LogP contribution in [0.15, 0.2) is 24.3 Å². The van der Waals surface area contributed by atoms with Gasteiger partial charge in [-0.2, -0.15) is 0 Å². The molecular formula is C10H13ClN2. The fraction of sp³-hybridized carbons (Fsp3) is 0.200. The molecule has 0 aliphatic heterocycles. The van der Waals surface area contributed by atoms with Gasteiger partial charge in [-0.15, -0.1) is 0 Å². The van der Waals surface area contributed by atoms with Crippen molar-refractivity contribution in [3.63, 3.8) is 0 Å². The molecule has 0 saturated heterocycles. The predicted octanol–water partition coefficient (Wildman–Crippen LogP) is 2.15. The number of benzene rings is 1. The first-order valence-corrected chi connectivity index (χ1v) is 4.48. The second-order valence-corrected chi connectivity index (χ2v) is 3.17. The molecule has 0 bridgehead atoms. The zero-order chi connectivity index (χ0) is 9.68. The van der Waals surface area contributed by atoms with Crippen LogP contribution in [0.1, 0.15) is 5.56 Å². The molecule has 0 unspecified atom stereocenters. The molecule has 0 aromatic heterocycles. The van der Waals surface area contributed by atoms with E-state index in [0.717, 1.165) is 12.1 Å². The van der Waals surface area contributed by atoms with Crippen molar-refractivity contribution in [1.82, 2.24) is 5.32 Å². The van der Waals surface area contributed by atoms with Gasteiger partial charge in [0.25, 0.3) is 0 Å². The van der Waals surface area contributed by atoms with E-state index in [1.165, 1.54) is 0 Å². The molecule has 13 heavy (non-hydrogen) atoms. The van der Waals surface area contributed by atoms with Gasteiger partial charge in [-0.05, 0) is 24.7 Å². The Bertz CT molecular complexity index is 308. The molecule has 0 saturated carbocycles. The molecule has 0 fully saturated rings. The molecule has 0 amide bonds. The van der Waals surface area contributed by atoms with E-state index in [-0.39, 0.29) is 0 Å². The Hall–Kier alpha value is -0.990. The second-order valence-electron chi connectivity index (χ2n) is 2.73. The number of anilines is 1. The van der Waals surface area contributed by atoms with E-state index >= 15 is 0 Å². The molecule has 0 atom stereocenters. The number of hydrogen-bond acceptors (Lipinski definition) is 2. The summed E-state index contributed by atoms with van der Waals surface area (Å²) in [6, 6.07) is 5.49. The Morgan fingerprint density at radius 2 is 2.31 bits per heavy atom. The molecule has 0 aliphatic rings. The van der Waals surface area contributed by atoms with E-state index in [9.17, 15) is 0 Å². The van der Waals surface area contributed by atoms with Crippen LogP contribution in [0, 0.1) is 0 Å². The summed E-state index contributed by atoms with van der Waals surface area (Å²) in [7, 11) is 1.90. The lowest BCUT2D eigenvalue weighted by Crippen LogP contribution is -2.03. The zero-order valence-electron chi connectivity index (χ0n) is 7.55. The van der Waals surface area contributed by atoms with Crippen molar-refractivity contribution in [3.8, 4) is 0 Å². The van der Waals surface area contributed by atoms with Crippen molar-refractivity contribution >= 4 is 23.4 Å². The maximum absolute atomic E-state index is 5.76. The molecule has 3 heteroatoms. The largest absolute Gasteiger partial charge is 0.398 e. The summed E-state index contributed by atoms with van der Waals surface area (Å²) < 4.78 is 0. The zero-order valence-corrected chi connectivity index (χ0v) is 8.31. The number of rotatable bonds is 3. The van der Waals surface area contributed by atoms with Crippen LogP contribution < -0.4 is 11.1 Å². The standard InChI is InChI=1S/C10H13ClN2/c1-13-6-2-3-8-4-5-9(11)7-10(8)12/h2-5,7,13H,6,12H2,1H3. The fourth-order valence-electron chi connectivity index (χ4n) is 1.00. The summed E-state index contributed by atoms with van der Waals surface area (Å²) in [5, 5.41) is 3.68. The maximum atomic E-state index is 5.76. The van der Waals surface area contributed by atoms with E-state index in [1.54, 1.807) is 6.07 Å². The molecule has 1 aromatic carbocycles. The van der Waals surface area contributed by atoms with Crippen LogP contribution in [0.5, 0.6) is 0 Å². The fourth-order valence-corrected chi connectivity index (χ4v) is 1.18. The molecule has 3 N–H and O–H groups in total. The number of likely N-dealkylation sites (N-methyl/N-ethyl adjacent to an activating group) is 1. The lowest BCUT2D eigenvalue weighted by molar-refractivity contribution is 0.922. The van der Waals surface area contributed by atoms with E-state index in [1.807, 2.05) is 31.3 Å². The Labute approximate surface area is 83.4 Å². The van der Waals surface area contributed by atoms with Crippen molar-refractivity contribution in [1.29, 1.82) is 0 Å². The van der Waals surface area contributed by atoms with Crippen LogP contribution in [0.2, 0.25) is 5.02 Å². The summed E-state index contributed by atoms with van der Waals surface area (Å²) in [6.45, 7) is 0.835. The summed E-state index contributed by atoms with van der Waals surface area (Å²) in [5.41, 5.74) is 7.46. The van der Waals surface area contributed by atoms with Crippen LogP contribution in [-0.2, 0) is 0 Å². The van der Waals surface area contributed by atoms with Crippen LogP contribution in [0.25, 0.3) is 6.08 Å². The smallest absolute Gasteiger partial charge is 0.0426 e. The Kier molecular flexibility index (Phi) is 3.80. The molecule has 0 aliphatic carbocycles. The van der Waals surface area contributed by atoms with Crippen molar-refractivity contribution in [2.45, 2.75) is 0 Å². The van der Waals surface area contributed by atoms with Gasteiger partial charge in [-0.3, -0.25) is 0 Å². The van der Waals surface area contributed by atoms with Crippen molar-refractivity contribution in [2.75, 3.05) is 19.3 Å². The highest BCUT2D eigenvalue weighted by Gasteiger charge is 1.94. The second kappa shape index (κ2) is 4.90. The number of nitrogens with two attached hydrogens (primary N) is 1. The summed E-state index contributed by atoms with van der Waals surface area (Å²) in [4.78, 5) is 0. The molecule has 1 rings (SSSR count). The topological polar surface area (TPSA) is 38.0 Å². The average Bonchev–Trinajstić information content (AvgIpc) is 2.09. The SMILES string of the molecule is CNCC=Cc1ccc(Cl)cc1N. The van der Waals surface area contributed by atoms with Crippen molar-refractivity contribution < 1.29 is 0 Å². The van der Waals surface area contributed by atoms with Crippen molar-refractivity contribution in [2.24, 2.45) is 0 Å². The third kappa shape index (κ3) is 3.09. The quantitative estimate of drug-likeness (QED) is 0.728. The van der Waals surface area contributed by atoms with Crippen LogP contribution in [0.4, 0.5) is 5.69 Å². The van der Waals surface area contributed by atoms with Gasteiger partial charge in [-0.25, -0.2) is 0 Å². The van der Waals surface area contributed by atoms with E-state index in [4.69, 9.17) is 17.3 Å². The molecular weight excluding hydrogens is 184 g/mol. The van der Waals surface area contributed by atoms with Gasteiger partial charge >= 0.3 is 0 Å². The van der Waals surface area contributed by atoms with Gasteiger partial charge in [0.05, 0.1) is 0 Å². The first-order valence-electron chi connectivity index (χ1n) is 4.10. The Balaban J connectivity index is 2.77. The third-order valence-corrected chi connectivity index (χ3v) is 1.90. The Morgan fingerprint density at radius 3 is 2.92 bits per heavy atom. The van der Waals surface area contributed by atoms with Gasteiger partial charge < -0.3 is 11.1 Å². The molecule has 1 aromatic rings. The van der Waals surface area contributed by atoms with E-state index < -0.39 is 0 Å². The van der Waals surface area contributed by atoms with Gasteiger partial charge in [-0.1, -0.05) is 29.8 Å². The highest BCUT2D eigenvalue weighted by molar-refractivity contribution is 6.30. The molecule has 0 radical (unpaired) electrons. The highest BCUT2D eigenvalue weighted by atomic mass is 35.5. The van der Waals surface area contributed by atoms with Gasteiger partial charge in [0, 0.05) is 17.3 Å². The first-order chi connectivity index (χ1) is 6.24. The first kappa shape index (κ1) is 10.1. The van der Waals surface area contributed by atoms with Crippen LogP contribution >= 0.6 is 11.6 Å². The predicted molar refractivity (Wildman–Crippen MR) is 58.8 cm³/mol. The van der Waals surface area contributed by atoms with Crippen LogP contribution in [-0.4, -0.2) is 13.6 Å². The van der Waals surface area contributed by atoms with Crippen molar-refractivity contribution in [3.05, 3.63) is 34.9 Å². The minimum Gasteiger partial charge on any atom is -0.398 e. The molecule has 0 heterocycles. The monoisotopic (exact) mass is 196 g/mol. The van der Waals surface area contributed by atoms with E-state index in [0.29, 0.717) is 10.7 Å². The summed E-state index contributed by atoms with van der Waals surface area (Å²) in [5.74, 6) is 0. The summed E-state index contributed by atoms with van der Waals surface area (Å²) in [6.07, 6.45) is 3.99. The maximum Gasteiger partial charge on any atom is 0.0426 e.